The van der Waals surface area contributed by atoms with E-state index in [2.05, 4.69) is 5.10 Å². The smallest absolute Gasteiger partial charge is 0.168 e. The van der Waals surface area contributed by atoms with Crippen molar-refractivity contribution in [1.29, 1.82) is 0 Å². The minimum atomic E-state index is 0.252. The van der Waals surface area contributed by atoms with Crippen LogP contribution in [0.25, 0.3) is 0 Å². The van der Waals surface area contributed by atoms with Crippen molar-refractivity contribution in [3.8, 4) is 0 Å². The number of aromatic nitrogens is 2. The summed E-state index contributed by atoms with van der Waals surface area (Å²) in [6.45, 7) is 3.97. The van der Waals surface area contributed by atoms with Crippen molar-refractivity contribution in [2.45, 2.75) is 19.8 Å². The van der Waals surface area contributed by atoms with Gasteiger partial charge < -0.3 is 17.3 Å². The normalized spacial score (nSPS) is 10.8. The summed E-state index contributed by atoms with van der Waals surface area (Å²) in [6, 6.07) is 0. The number of hydrogen-bond acceptors (Lipinski definition) is 4. The molecule has 0 atom stereocenters. The van der Waals surface area contributed by atoms with Crippen LogP contribution in [0.3, 0.4) is 0 Å². The second kappa shape index (κ2) is 2.34. The molecule has 0 saturated carbocycles. The van der Waals surface area contributed by atoms with Crippen LogP contribution in [0.4, 0.5) is 11.5 Å². The summed E-state index contributed by atoms with van der Waals surface area (Å²) in [6.07, 6.45) is 0. The highest BCUT2D eigenvalue weighted by atomic mass is 15.5. The molecular formula is C6H13N5. The van der Waals surface area contributed by atoms with Crippen LogP contribution < -0.4 is 17.3 Å². The molecule has 0 aliphatic carbocycles. The highest BCUT2D eigenvalue weighted by molar-refractivity contribution is 5.62. The van der Waals surface area contributed by atoms with E-state index in [0.717, 1.165) is 10.5 Å². The Bertz CT molecular complexity index is 262. The lowest BCUT2D eigenvalue weighted by atomic mass is 10.1. The summed E-state index contributed by atoms with van der Waals surface area (Å²) < 4.78 is 0. The van der Waals surface area contributed by atoms with E-state index in [4.69, 9.17) is 17.3 Å². The summed E-state index contributed by atoms with van der Waals surface area (Å²) in [4.78, 5) is 1.10. The van der Waals surface area contributed by atoms with E-state index in [0.29, 0.717) is 11.5 Å². The van der Waals surface area contributed by atoms with Crippen LogP contribution in [-0.2, 0) is 0 Å². The summed E-state index contributed by atoms with van der Waals surface area (Å²) >= 11 is 0. The molecule has 5 nitrogen and oxygen atoms in total. The maximum Gasteiger partial charge on any atom is 0.168 e. The first-order chi connectivity index (χ1) is 5.04. The van der Waals surface area contributed by atoms with Gasteiger partial charge in [-0.25, -0.2) is 0 Å². The van der Waals surface area contributed by atoms with E-state index in [1.54, 1.807) is 0 Å². The third kappa shape index (κ3) is 1.09. The molecule has 0 bridgehead atoms. The van der Waals surface area contributed by atoms with Crippen molar-refractivity contribution in [2.24, 2.45) is 0 Å². The molecule has 11 heavy (non-hydrogen) atoms. The number of nitrogen functional groups attached to an aromatic ring is 3. The average molecular weight is 155 g/mol. The highest BCUT2D eigenvalue weighted by Gasteiger charge is 2.13. The van der Waals surface area contributed by atoms with Crippen LogP contribution in [0, 0.1) is 0 Å². The molecule has 0 fully saturated rings. The van der Waals surface area contributed by atoms with Gasteiger partial charge in [-0.3, -0.25) is 0 Å². The van der Waals surface area contributed by atoms with Crippen LogP contribution >= 0.6 is 0 Å². The molecule has 0 unspecified atom stereocenters. The minimum absolute atomic E-state index is 0.252. The van der Waals surface area contributed by atoms with Gasteiger partial charge in [-0.05, 0) is 5.92 Å². The molecule has 0 spiro atoms. The summed E-state index contributed by atoms with van der Waals surface area (Å²) in [5.74, 6) is 5.96. The minimum Gasteiger partial charge on any atom is -0.394 e. The molecule has 6 N–H and O–H groups in total. The predicted octanol–water partition coefficient (Wildman–Crippen LogP) is -0.115. The molecule has 0 amide bonds. The maximum absolute atomic E-state index is 5.62. The van der Waals surface area contributed by atoms with Gasteiger partial charge in [-0.1, -0.05) is 13.8 Å². The van der Waals surface area contributed by atoms with Crippen molar-refractivity contribution >= 4 is 11.5 Å². The summed E-state index contributed by atoms with van der Waals surface area (Å²) in [5, 5.41) is 3.95. The molecule has 5 heteroatoms. The number of nitrogens with two attached hydrogens (primary N) is 3. The number of hydrogen-bond donors (Lipinski definition) is 3. The van der Waals surface area contributed by atoms with Crippen LogP contribution in [0.5, 0.6) is 0 Å². The third-order valence-corrected chi connectivity index (χ3v) is 1.56. The Morgan fingerprint density at radius 1 is 1.36 bits per heavy atom. The third-order valence-electron chi connectivity index (χ3n) is 1.56. The summed E-state index contributed by atoms with van der Waals surface area (Å²) in [5.41, 5.74) is 12.4. The lowest BCUT2D eigenvalue weighted by molar-refractivity contribution is 0.752. The van der Waals surface area contributed by atoms with Gasteiger partial charge in [0.25, 0.3) is 0 Å². The number of rotatable bonds is 1. The zero-order valence-corrected chi connectivity index (χ0v) is 6.70. The second-order valence-corrected chi connectivity index (χ2v) is 2.78. The fraction of sp³-hybridized carbons (Fsp3) is 0.500. The van der Waals surface area contributed by atoms with E-state index < -0.39 is 0 Å². The first-order valence-corrected chi connectivity index (χ1v) is 3.43. The number of anilines is 2. The molecule has 1 rings (SSSR count). The fourth-order valence-corrected chi connectivity index (χ4v) is 0.905. The monoisotopic (exact) mass is 155 g/mol. The standard InChI is InChI=1S/C6H13N5/c1-3(2)5-4(7)6(8)11(9)10-5/h3H,7-9H2,1-2H3. The first-order valence-electron chi connectivity index (χ1n) is 3.43. The van der Waals surface area contributed by atoms with Gasteiger partial charge in [0, 0.05) is 0 Å². The average Bonchev–Trinajstić information content (AvgIpc) is 2.17. The van der Waals surface area contributed by atoms with Gasteiger partial charge in [0.1, 0.15) is 5.69 Å². The second-order valence-electron chi connectivity index (χ2n) is 2.78. The van der Waals surface area contributed by atoms with E-state index in [1.807, 2.05) is 13.8 Å². The zero-order valence-electron chi connectivity index (χ0n) is 6.70. The zero-order chi connectivity index (χ0) is 8.59. The Morgan fingerprint density at radius 3 is 2.09 bits per heavy atom. The highest BCUT2D eigenvalue weighted by Crippen LogP contribution is 2.24. The quantitative estimate of drug-likeness (QED) is 0.493. The van der Waals surface area contributed by atoms with Gasteiger partial charge >= 0.3 is 0 Å². The Balaban J connectivity index is 3.19. The SMILES string of the molecule is CC(C)c1nn(N)c(N)c1N. The Morgan fingerprint density at radius 2 is 1.91 bits per heavy atom. The van der Waals surface area contributed by atoms with Crippen LogP contribution in [0.15, 0.2) is 0 Å². The topological polar surface area (TPSA) is 95.9 Å². The summed E-state index contributed by atoms with van der Waals surface area (Å²) in [7, 11) is 0. The maximum atomic E-state index is 5.62. The lowest BCUT2D eigenvalue weighted by Crippen LogP contribution is -2.13. The predicted molar refractivity (Wildman–Crippen MR) is 45.3 cm³/mol. The van der Waals surface area contributed by atoms with Crippen LogP contribution in [0.1, 0.15) is 25.5 Å². The molecule has 0 aliphatic heterocycles. The lowest BCUT2D eigenvalue weighted by Gasteiger charge is -1.98. The Hall–Kier alpha value is -1.39. The molecule has 62 valence electrons. The molecule has 1 aromatic heterocycles. The molecule has 1 heterocycles. The Kier molecular flexibility index (Phi) is 1.64. The van der Waals surface area contributed by atoms with Crippen molar-refractivity contribution < 1.29 is 0 Å². The number of nitrogens with zero attached hydrogens (tertiary/aromatic N) is 2. The van der Waals surface area contributed by atoms with E-state index >= 15 is 0 Å². The largest absolute Gasteiger partial charge is 0.394 e. The van der Waals surface area contributed by atoms with Gasteiger partial charge in [0.15, 0.2) is 5.82 Å². The molecule has 0 saturated heterocycles. The van der Waals surface area contributed by atoms with Gasteiger partial charge in [-0.2, -0.15) is 9.89 Å². The Labute approximate surface area is 65.1 Å². The van der Waals surface area contributed by atoms with Crippen molar-refractivity contribution in [1.82, 2.24) is 9.89 Å². The molecular weight excluding hydrogens is 142 g/mol. The van der Waals surface area contributed by atoms with Gasteiger partial charge in [-0.15, -0.1) is 0 Å². The fourth-order valence-electron chi connectivity index (χ4n) is 0.905. The molecule has 1 aromatic rings. The van der Waals surface area contributed by atoms with E-state index in [1.165, 1.54) is 0 Å². The van der Waals surface area contributed by atoms with Gasteiger partial charge in [0.2, 0.25) is 0 Å². The van der Waals surface area contributed by atoms with Crippen LogP contribution in [-0.4, -0.2) is 9.89 Å². The van der Waals surface area contributed by atoms with Gasteiger partial charge in [0.05, 0.1) is 5.69 Å². The van der Waals surface area contributed by atoms with Crippen molar-refractivity contribution in [3.63, 3.8) is 0 Å². The van der Waals surface area contributed by atoms with Crippen LogP contribution in [0.2, 0.25) is 0 Å². The first kappa shape index (κ1) is 7.71. The molecule has 0 radical (unpaired) electrons. The van der Waals surface area contributed by atoms with Crippen molar-refractivity contribution in [3.05, 3.63) is 5.69 Å². The van der Waals surface area contributed by atoms with E-state index in [9.17, 15) is 0 Å². The van der Waals surface area contributed by atoms with Crippen molar-refractivity contribution in [2.75, 3.05) is 17.3 Å². The molecule has 0 aliphatic rings. The van der Waals surface area contributed by atoms with E-state index in [-0.39, 0.29) is 5.92 Å². The molecule has 0 aromatic carbocycles.